The first-order valence-electron chi connectivity index (χ1n) is 10.5. The van der Waals surface area contributed by atoms with Crippen molar-refractivity contribution in [2.75, 3.05) is 46.6 Å². The second-order valence-electron chi connectivity index (χ2n) is 7.78. The van der Waals surface area contributed by atoms with Crippen LogP contribution in [0.1, 0.15) is 10.4 Å². The molecular weight excluding hydrogens is 436 g/mol. The summed E-state index contributed by atoms with van der Waals surface area (Å²) in [4.78, 5) is 13.7. The largest absolute Gasteiger partial charge is 0.487 e. The molecule has 0 radical (unpaired) electrons. The minimum atomic E-state index is -2.98. The van der Waals surface area contributed by atoms with Gasteiger partial charge in [-0.15, -0.1) is 0 Å². The number of morpholine rings is 1. The van der Waals surface area contributed by atoms with Gasteiger partial charge in [-0.05, 0) is 36.4 Å². The Morgan fingerprint density at radius 2 is 1.85 bits per heavy atom. The average Bonchev–Trinajstić information content (AvgIpc) is 3.19. The molecule has 3 aromatic rings. The van der Waals surface area contributed by atoms with Gasteiger partial charge in [-0.3, -0.25) is 9.58 Å². The maximum Gasteiger partial charge on any atom is 0.338 e. The van der Waals surface area contributed by atoms with Gasteiger partial charge in [0.25, 0.3) is 5.92 Å². The topological polar surface area (TPSA) is 75.1 Å². The zero-order chi connectivity index (χ0) is 23.4. The highest BCUT2D eigenvalue weighted by molar-refractivity contribution is 5.97. The van der Waals surface area contributed by atoms with Crippen LogP contribution in [0.5, 0.6) is 17.2 Å². The monoisotopic (exact) mass is 461 g/mol. The lowest BCUT2D eigenvalue weighted by atomic mass is 10.1. The number of fused-ring (bicyclic) bond motifs is 1. The maximum absolute atomic E-state index is 14.3. The smallest absolute Gasteiger partial charge is 0.338 e. The van der Waals surface area contributed by atoms with Crippen LogP contribution in [0.4, 0.5) is 8.78 Å². The van der Waals surface area contributed by atoms with Crippen LogP contribution >= 0.6 is 0 Å². The number of benzene rings is 2. The fourth-order valence-corrected chi connectivity index (χ4v) is 3.65. The zero-order valence-electron chi connectivity index (χ0n) is 18.4. The minimum absolute atomic E-state index is 0.304. The number of nitrogens with zero attached hydrogens (tertiary/aromatic N) is 3. The van der Waals surface area contributed by atoms with Gasteiger partial charge in [0.2, 0.25) is 0 Å². The van der Waals surface area contributed by atoms with Crippen molar-refractivity contribution in [1.82, 2.24) is 14.7 Å². The highest BCUT2D eigenvalue weighted by atomic mass is 19.3. The number of aromatic nitrogens is 2. The third-order valence-corrected chi connectivity index (χ3v) is 5.28. The van der Waals surface area contributed by atoms with Gasteiger partial charge in [0.1, 0.15) is 17.0 Å². The van der Waals surface area contributed by atoms with Crippen LogP contribution in [-0.4, -0.2) is 73.1 Å². The summed E-state index contributed by atoms with van der Waals surface area (Å²) in [7, 11) is 3.07. The van der Waals surface area contributed by atoms with E-state index >= 15 is 0 Å². The van der Waals surface area contributed by atoms with E-state index in [9.17, 15) is 13.6 Å². The molecule has 1 aliphatic rings. The summed E-state index contributed by atoms with van der Waals surface area (Å²) in [5.74, 6) is -2.30. The molecule has 0 amide bonds. The van der Waals surface area contributed by atoms with Crippen LogP contribution in [0, 0.1) is 0 Å². The summed E-state index contributed by atoms with van der Waals surface area (Å²) >= 11 is 0. The van der Waals surface area contributed by atoms with Gasteiger partial charge in [-0.2, -0.15) is 5.10 Å². The van der Waals surface area contributed by atoms with Crippen LogP contribution < -0.4 is 9.47 Å². The summed E-state index contributed by atoms with van der Waals surface area (Å²) < 4.78 is 51.5. The number of alkyl halides is 2. The van der Waals surface area contributed by atoms with E-state index in [1.807, 2.05) is 0 Å². The van der Waals surface area contributed by atoms with Gasteiger partial charge in [-0.1, -0.05) is 0 Å². The van der Waals surface area contributed by atoms with Gasteiger partial charge < -0.3 is 18.9 Å². The van der Waals surface area contributed by atoms with Crippen LogP contribution in [0.3, 0.4) is 0 Å². The van der Waals surface area contributed by atoms with E-state index in [1.165, 1.54) is 7.11 Å². The van der Waals surface area contributed by atoms with Crippen molar-refractivity contribution in [2.24, 2.45) is 7.05 Å². The summed E-state index contributed by atoms with van der Waals surface area (Å²) in [5.41, 5.74) is 1.03. The molecule has 4 rings (SSSR count). The molecule has 10 heteroatoms. The Bertz CT molecular complexity index is 1110. The Hall–Kier alpha value is -3.24. The predicted octanol–water partition coefficient (Wildman–Crippen LogP) is 3.50. The third kappa shape index (κ3) is 5.58. The lowest BCUT2D eigenvalue weighted by molar-refractivity contribution is -0.0811. The molecule has 2 aromatic carbocycles. The molecule has 176 valence electrons. The second-order valence-corrected chi connectivity index (χ2v) is 7.78. The fourth-order valence-electron chi connectivity index (χ4n) is 3.65. The maximum atomic E-state index is 14.3. The number of hydrogen-bond acceptors (Lipinski definition) is 7. The van der Waals surface area contributed by atoms with Crippen LogP contribution in [0.25, 0.3) is 10.9 Å². The SMILES string of the molecule is COC(=O)c1cc(Oc2ccc(OCC(F)(F)CN3CCOCC3)cc2)c2c(cnn2C)c1. The van der Waals surface area contributed by atoms with Gasteiger partial charge >= 0.3 is 5.97 Å². The Morgan fingerprint density at radius 3 is 2.55 bits per heavy atom. The molecule has 8 nitrogen and oxygen atoms in total. The normalized spacial score (nSPS) is 14.9. The molecule has 1 aromatic heterocycles. The van der Waals surface area contributed by atoms with Crippen molar-refractivity contribution in [1.29, 1.82) is 0 Å². The molecule has 0 unspecified atom stereocenters. The highest BCUT2D eigenvalue weighted by Crippen LogP contribution is 2.32. The number of carbonyl (C=O) groups excluding carboxylic acids is 1. The van der Waals surface area contributed by atoms with Crippen molar-refractivity contribution in [3.63, 3.8) is 0 Å². The third-order valence-electron chi connectivity index (χ3n) is 5.28. The van der Waals surface area contributed by atoms with Crippen molar-refractivity contribution < 1.29 is 32.5 Å². The van der Waals surface area contributed by atoms with E-state index in [1.54, 1.807) is 59.2 Å². The first-order valence-corrected chi connectivity index (χ1v) is 10.5. The molecule has 33 heavy (non-hydrogen) atoms. The number of halogens is 2. The number of carbonyl (C=O) groups is 1. The molecule has 1 saturated heterocycles. The van der Waals surface area contributed by atoms with E-state index < -0.39 is 18.5 Å². The number of methoxy groups -OCH3 is 1. The van der Waals surface area contributed by atoms with Crippen molar-refractivity contribution in [3.05, 3.63) is 48.2 Å². The van der Waals surface area contributed by atoms with E-state index in [2.05, 4.69) is 5.10 Å². The Balaban J connectivity index is 1.43. The van der Waals surface area contributed by atoms with Crippen molar-refractivity contribution in [2.45, 2.75) is 5.92 Å². The number of ether oxygens (including phenoxy) is 4. The molecule has 1 aliphatic heterocycles. The van der Waals surface area contributed by atoms with Crippen LogP contribution in [-0.2, 0) is 16.5 Å². The van der Waals surface area contributed by atoms with Crippen LogP contribution in [0.2, 0.25) is 0 Å². The van der Waals surface area contributed by atoms with E-state index in [4.69, 9.17) is 18.9 Å². The molecule has 1 fully saturated rings. The van der Waals surface area contributed by atoms with E-state index in [-0.39, 0.29) is 6.54 Å². The second kappa shape index (κ2) is 9.72. The number of aryl methyl sites for hydroxylation is 1. The summed E-state index contributed by atoms with van der Waals surface area (Å²) in [6, 6.07) is 9.60. The van der Waals surface area contributed by atoms with Gasteiger partial charge in [0.05, 0.1) is 38.6 Å². The van der Waals surface area contributed by atoms with Crippen molar-refractivity contribution in [3.8, 4) is 17.2 Å². The van der Waals surface area contributed by atoms with Crippen molar-refractivity contribution >= 4 is 16.9 Å². The molecule has 0 atom stereocenters. The fraction of sp³-hybridized carbons (Fsp3) is 0.391. The predicted molar refractivity (Wildman–Crippen MR) is 116 cm³/mol. The number of esters is 1. The Labute approximate surface area is 189 Å². The van der Waals surface area contributed by atoms with Crippen LogP contribution in [0.15, 0.2) is 42.6 Å². The van der Waals surface area contributed by atoms with Gasteiger partial charge in [-0.25, -0.2) is 13.6 Å². The minimum Gasteiger partial charge on any atom is -0.487 e. The number of rotatable bonds is 8. The summed E-state index contributed by atoms with van der Waals surface area (Å²) in [6.45, 7) is 0.819. The van der Waals surface area contributed by atoms with Gasteiger partial charge in [0.15, 0.2) is 12.4 Å². The summed E-state index contributed by atoms with van der Waals surface area (Å²) in [6.07, 6.45) is 1.63. The molecule has 0 spiro atoms. The molecule has 0 N–H and O–H groups in total. The van der Waals surface area contributed by atoms with E-state index in [0.29, 0.717) is 54.6 Å². The lowest BCUT2D eigenvalue weighted by Gasteiger charge is -2.30. The lowest BCUT2D eigenvalue weighted by Crippen LogP contribution is -2.45. The van der Waals surface area contributed by atoms with Gasteiger partial charge in [0, 0.05) is 25.5 Å². The standard InChI is InChI=1S/C23H25F2N3O5/c1-27-21-17(13-26-27)11-16(22(29)30-2)12-20(21)33-19-5-3-18(4-6-19)32-15-23(24,25)14-28-7-9-31-10-8-28/h3-6,11-13H,7-10,14-15H2,1-2H3. The first kappa shape index (κ1) is 22.9. The first-order chi connectivity index (χ1) is 15.8. The number of hydrogen-bond donors (Lipinski definition) is 0. The molecular formula is C23H25F2N3O5. The molecule has 0 aliphatic carbocycles. The summed E-state index contributed by atoms with van der Waals surface area (Å²) in [5, 5.41) is 4.93. The highest BCUT2D eigenvalue weighted by Gasteiger charge is 2.33. The average molecular weight is 461 g/mol. The quantitative estimate of drug-likeness (QED) is 0.476. The molecule has 0 saturated carbocycles. The van der Waals surface area contributed by atoms with E-state index in [0.717, 1.165) is 5.39 Å². The Kier molecular flexibility index (Phi) is 6.75. The zero-order valence-corrected chi connectivity index (χ0v) is 18.4. The Morgan fingerprint density at radius 1 is 1.15 bits per heavy atom. The molecule has 2 heterocycles. The molecule has 0 bridgehead atoms.